The van der Waals surface area contributed by atoms with Crippen LogP contribution in [0.25, 0.3) is 0 Å². The molecule has 0 saturated carbocycles. The molecular weight excluding hydrogens is 250 g/mol. The summed E-state index contributed by atoms with van der Waals surface area (Å²) in [6, 6.07) is 6.43. The highest BCUT2D eigenvalue weighted by atomic mass is 16.5. The molecule has 0 radical (unpaired) electrons. The highest BCUT2D eigenvalue weighted by molar-refractivity contribution is 5.40. The number of hydrogen-bond acceptors (Lipinski definition) is 3. The molecule has 0 heterocycles. The van der Waals surface area contributed by atoms with E-state index in [2.05, 4.69) is 45.1 Å². The monoisotopic (exact) mass is 279 g/mol. The average Bonchev–Trinajstić information content (AvgIpc) is 2.47. The van der Waals surface area contributed by atoms with Crippen molar-refractivity contribution in [1.82, 2.24) is 5.32 Å². The normalized spacial score (nSPS) is 15.7. The van der Waals surface area contributed by atoms with Crippen molar-refractivity contribution in [3.63, 3.8) is 0 Å². The quantitative estimate of drug-likeness (QED) is 0.784. The second-order valence-corrected chi connectivity index (χ2v) is 5.50. The SMILES string of the molecule is CCCNC(c1cc(C)ccc1OC)C(C)(CC)OC. The Hall–Kier alpha value is -1.06. The number of benzene rings is 1. The van der Waals surface area contributed by atoms with Crippen LogP contribution in [-0.2, 0) is 4.74 Å². The molecule has 0 bridgehead atoms. The van der Waals surface area contributed by atoms with E-state index in [1.807, 2.05) is 6.07 Å². The fourth-order valence-corrected chi connectivity index (χ4v) is 2.49. The van der Waals surface area contributed by atoms with Crippen molar-refractivity contribution in [1.29, 1.82) is 0 Å². The molecule has 114 valence electrons. The van der Waals surface area contributed by atoms with Gasteiger partial charge in [-0.2, -0.15) is 0 Å². The van der Waals surface area contributed by atoms with Crippen molar-refractivity contribution in [2.24, 2.45) is 0 Å². The molecule has 3 heteroatoms. The molecule has 0 spiro atoms. The number of aryl methyl sites for hydroxylation is 1. The molecule has 2 unspecified atom stereocenters. The Labute approximate surface area is 123 Å². The van der Waals surface area contributed by atoms with Crippen LogP contribution in [0.15, 0.2) is 18.2 Å². The smallest absolute Gasteiger partial charge is 0.123 e. The molecule has 20 heavy (non-hydrogen) atoms. The number of methoxy groups -OCH3 is 2. The van der Waals surface area contributed by atoms with Crippen molar-refractivity contribution in [2.75, 3.05) is 20.8 Å². The predicted octanol–water partition coefficient (Wildman–Crippen LogP) is 3.86. The van der Waals surface area contributed by atoms with Gasteiger partial charge in [-0.3, -0.25) is 0 Å². The van der Waals surface area contributed by atoms with E-state index >= 15 is 0 Å². The van der Waals surface area contributed by atoms with Gasteiger partial charge in [0.2, 0.25) is 0 Å². The molecule has 0 amide bonds. The number of hydrogen-bond donors (Lipinski definition) is 1. The van der Waals surface area contributed by atoms with E-state index in [1.165, 1.54) is 11.1 Å². The third kappa shape index (κ3) is 3.74. The summed E-state index contributed by atoms with van der Waals surface area (Å²) in [7, 11) is 3.51. The molecule has 2 atom stereocenters. The van der Waals surface area contributed by atoms with E-state index in [4.69, 9.17) is 9.47 Å². The molecule has 3 nitrogen and oxygen atoms in total. The van der Waals surface area contributed by atoms with E-state index in [-0.39, 0.29) is 11.6 Å². The average molecular weight is 279 g/mol. The van der Waals surface area contributed by atoms with Gasteiger partial charge in [0.05, 0.1) is 18.8 Å². The summed E-state index contributed by atoms with van der Waals surface area (Å²) in [6.07, 6.45) is 2.02. The lowest BCUT2D eigenvalue weighted by Gasteiger charge is -2.37. The summed E-state index contributed by atoms with van der Waals surface area (Å²) in [5, 5.41) is 3.63. The predicted molar refractivity (Wildman–Crippen MR) is 84.5 cm³/mol. The zero-order valence-electron chi connectivity index (χ0n) is 13.7. The van der Waals surface area contributed by atoms with Gasteiger partial charge in [-0.15, -0.1) is 0 Å². The molecule has 1 aromatic rings. The summed E-state index contributed by atoms with van der Waals surface area (Å²) in [5.74, 6) is 0.918. The second-order valence-electron chi connectivity index (χ2n) is 5.50. The first kappa shape index (κ1) is 17.0. The molecule has 0 aliphatic heterocycles. The second kappa shape index (κ2) is 7.65. The standard InChI is InChI=1S/C17H29NO2/c1-7-11-18-16(17(4,8-2)20-6)14-12-13(3)9-10-15(14)19-5/h9-10,12,16,18H,7-8,11H2,1-6H3. The fraction of sp³-hybridized carbons (Fsp3) is 0.647. The third-order valence-corrected chi connectivity index (χ3v) is 4.07. The molecule has 0 aromatic heterocycles. The minimum atomic E-state index is -0.254. The molecular formula is C17H29NO2. The van der Waals surface area contributed by atoms with E-state index in [0.29, 0.717) is 0 Å². The van der Waals surface area contributed by atoms with Crippen LogP contribution in [0, 0.1) is 6.92 Å². The lowest BCUT2D eigenvalue weighted by Crippen LogP contribution is -2.43. The molecule has 0 fully saturated rings. The van der Waals surface area contributed by atoms with Gasteiger partial charge in [-0.05, 0) is 39.3 Å². The molecule has 0 aliphatic rings. The molecule has 1 rings (SSSR count). The first-order valence-corrected chi connectivity index (χ1v) is 7.45. The van der Waals surface area contributed by atoms with Crippen LogP contribution in [0.2, 0.25) is 0 Å². The van der Waals surface area contributed by atoms with Crippen LogP contribution in [0.5, 0.6) is 5.75 Å². The summed E-state index contributed by atoms with van der Waals surface area (Å²) in [4.78, 5) is 0. The molecule has 0 aliphatic carbocycles. The fourth-order valence-electron chi connectivity index (χ4n) is 2.49. The minimum Gasteiger partial charge on any atom is -0.496 e. The maximum absolute atomic E-state index is 5.82. The van der Waals surface area contributed by atoms with Crippen LogP contribution in [0.1, 0.15) is 50.8 Å². The van der Waals surface area contributed by atoms with Gasteiger partial charge < -0.3 is 14.8 Å². The lowest BCUT2D eigenvalue weighted by atomic mass is 9.86. The maximum atomic E-state index is 5.82. The van der Waals surface area contributed by atoms with Gasteiger partial charge in [-0.25, -0.2) is 0 Å². The van der Waals surface area contributed by atoms with Crippen molar-refractivity contribution in [3.8, 4) is 5.75 Å². The summed E-state index contributed by atoms with van der Waals surface area (Å²) < 4.78 is 11.4. The van der Waals surface area contributed by atoms with Gasteiger partial charge in [0.25, 0.3) is 0 Å². The van der Waals surface area contributed by atoms with Crippen LogP contribution in [0.3, 0.4) is 0 Å². The number of nitrogens with one attached hydrogen (secondary N) is 1. The first-order chi connectivity index (χ1) is 9.52. The molecule has 1 aromatic carbocycles. The summed E-state index contributed by atoms with van der Waals surface area (Å²) in [6.45, 7) is 9.55. The van der Waals surface area contributed by atoms with Crippen LogP contribution < -0.4 is 10.1 Å². The Kier molecular flexibility index (Phi) is 6.50. The van der Waals surface area contributed by atoms with Gasteiger partial charge in [-0.1, -0.05) is 31.5 Å². The molecule has 0 saturated heterocycles. The lowest BCUT2D eigenvalue weighted by molar-refractivity contribution is -0.0304. The zero-order valence-corrected chi connectivity index (χ0v) is 13.7. The number of rotatable bonds is 8. The summed E-state index contributed by atoms with van der Waals surface area (Å²) in [5.41, 5.74) is 2.15. The molecule has 1 N–H and O–H groups in total. The van der Waals surface area contributed by atoms with Crippen LogP contribution in [0.4, 0.5) is 0 Å². The first-order valence-electron chi connectivity index (χ1n) is 7.45. The van der Waals surface area contributed by atoms with Gasteiger partial charge in [0, 0.05) is 12.7 Å². The Morgan fingerprint density at radius 1 is 1.25 bits per heavy atom. The third-order valence-electron chi connectivity index (χ3n) is 4.07. The van der Waals surface area contributed by atoms with E-state index in [9.17, 15) is 0 Å². The highest BCUT2D eigenvalue weighted by Gasteiger charge is 2.35. The topological polar surface area (TPSA) is 30.5 Å². The Balaban J connectivity index is 3.25. The van der Waals surface area contributed by atoms with Crippen LogP contribution in [-0.4, -0.2) is 26.4 Å². The summed E-state index contributed by atoms with van der Waals surface area (Å²) >= 11 is 0. The van der Waals surface area contributed by atoms with Gasteiger partial charge >= 0.3 is 0 Å². The van der Waals surface area contributed by atoms with E-state index in [0.717, 1.165) is 25.1 Å². The van der Waals surface area contributed by atoms with Crippen molar-refractivity contribution >= 4 is 0 Å². The number of ether oxygens (including phenoxy) is 2. The van der Waals surface area contributed by atoms with Crippen molar-refractivity contribution in [2.45, 2.75) is 52.2 Å². The zero-order chi connectivity index (χ0) is 15.2. The highest BCUT2D eigenvalue weighted by Crippen LogP contribution is 2.37. The maximum Gasteiger partial charge on any atom is 0.123 e. The van der Waals surface area contributed by atoms with Crippen molar-refractivity contribution < 1.29 is 9.47 Å². The van der Waals surface area contributed by atoms with Gasteiger partial charge in [0.1, 0.15) is 5.75 Å². The van der Waals surface area contributed by atoms with E-state index < -0.39 is 0 Å². The Morgan fingerprint density at radius 2 is 1.95 bits per heavy atom. The van der Waals surface area contributed by atoms with Crippen LogP contribution >= 0.6 is 0 Å². The van der Waals surface area contributed by atoms with Gasteiger partial charge in [0.15, 0.2) is 0 Å². The van der Waals surface area contributed by atoms with Crippen molar-refractivity contribution in [3.05, 3.63) is 29.3 Å². The minimum absolute atomic E-state index is 0.118. The Morgan fingerprint density at radius 3 is 2.45 bits per heavy atom. The Bertz CT molecular complexity index is 413. The van der Waals surface area contributed by atoms with E-state index in [1.54, 1.807) is 14.2 Å². The largest absolute Gasteiger partial charge is 0.496 e.